The minimum atomic E-state index is -0.0607. The van der Waals surface area contributed by atoms with Gasteiger partial charge in [0.1, 0.15) is 0 Å². The number of carbonyl (C=O) groups is 1. The number of tetrazole rings is 1. The van der Waals surface area contributed by atoms with E-state index < -0.39 is 0 Å². The summed E-state index contributed by atoms with van der Waals surface area (Å²) in [6.45, 7) is 3.32. The number of hydrogen-bond donors (Lipinski definition) is 1. The fraction of sp³-hybridized carbons (Fsp3) is 0.500. The molecule has 1 saturated heterocycles. The molecule has 9 heteroatoms. The second-order valence-corrected chi connectivity index (χ2v) is 7.06. The molecule has 2 fully saturated rings. The summed E-state index contributed by atoms with van der Waals surface area (Å²) in [4.78, 5) is 14.4. The standard InChI is InChI=1S/C16H20N6O2S/c23-15(11-25-16-18-19-20-22(16)14-5-6-14)17-12-1-3-13(4-2-12)21-7-9-24-10-8-21/h1-4,14H,5-11H2,(H,17,23). The third-order valence-corrected chi connectivity index (χ3v) is 5.15. The van der Waals surface area contributed by atoms with Crippen LogP contribution in [-0.4, -0.2) is 58.2 Å². The largest absolute Gasteiger partial charge is 0.378 e. The molecule has 1 aliphatic heterocycles. The number of morpholine rings is 1. The smallest absolute Gasteiger partial charge is 0.234 e. The number of hydrogen-bond acceptors (Lipinski definition) is 7. The topological polar surface area (TPSA) is 85.2 Å². The van der Waals surface area contributed by atoms with Gasteiger partial charge in [-0.15, -0.1) is 5.10 Å². The van der Waals surface area contributed by atoms with Gasteiger partial charge < -0.3 is 15.0 Å². The predicted molar refractivity (Wildman–Crippen MR) is 94.9 cm³/mol. The number of aromatic nitrogens is 4. The molecule has 8 nitrogen and oxygen atoms in total. The van der Waals surface area contributed by atoms with Gasteiger partial charge in [0.25, 0.3) is 0 Å². The number of nitrogens with zero attached hydrogens (tertiary/aromatic N) is 5. The highest BCUT2D eigenvalue weighted by molar-refractivity contribution is 7.99. The summed E-state index contributed by atoms with van der Waals surface area (Å²) in [5.74, 6) is 0.229. The lowest BCUT2D eigenvalue weighted by molar-refractivity contribution is -0.113. The molecule has 0 spiro atoms. The van der Waals surface area contributed by atoms with Crippen molar-refractivity contribution in [2.24, 2.45) is 0 Å². The average molecular weight is 360 g/mol. The third-order valence-electron chi connectivity index (χ3n) is 4.22. The van der Waals surface area contributed by atoms with E-state index in [9.17, 15) is 4.79 Å². The van der Waals surface area contributed by atoms with E-state index in [1.165, 1.54) is 11.8 Å². The fourth-order valence-electron chi connectivity index (χ4n) is 2.73. The lowest BCUT2D eigenvalue weighted by Crippen LogP contribution is -2.36. The zero-order valence-corrected chi connectivity index (χ0v) is 14.6. The molecule has 2 aromatic rings. The Morgan fingerprint density at radius 3 is 2.72 bits per heavy atom. The molecule has 1 aliphatic carbocycles. The van der Waals surface area contributed by atoms with Crippen LogP contribution >= 0.6 is 11.8 Å². The summed E-state index contributed by atoms with van der Waals surface area (Å²) in [5, 5.41) is 15.3. The Balaban J connectivity index is 1.29. The molecular weight excluding hydrogens is 340 g/mol. The maximum atomic E-state index is 12.2. The number of ether oxygens (including phenoxy) is 1. The summed E-state index contributed by atoms with van der Waals surface area (Å²) in [5.41, 5.74) is 1.95. The van der Waals surface area contributed by atoms with Crippen LogP contribution in [0, 0.1) is 0 Å². The van der Waals surface area contributed by atoms with E-state index in [2.05, 4.69) is 25.7 Å². The Morgan fingerprint density at radius 2 is 2.00 bits per heavy atom. The average Bonchev–Trinajstić information content (AvgIpc) is 3.39. The Hall–Kier alpha value is -2.13. The Kier molecular flexibility index (Phi) is 4.84. The second-order valence-electron chi connectivity index (χ2n) is 6.12. The van der Waals surface area contributed by atoms with E-state index in [-0.39, 0.29) is 11.7 Å². The van der Waals surface area contributed by atoms with Gasteiger partial charge in [-0.25, -0.2) is 4.68 Å². The quantitative estimate of drug-likeness (QED) is 0.783. The van der Waals surface area contributed by atoms with Crippen LogP contribution in [0.1, 0.15) is 18.9 Å². The summed E-state index contributed by atoms with van der Waals surface area (Å²) in [7, 11) is 0. The summed E-state index contributed by atoms with van der Waals surface area (Å²) < 4.78 is 7.18. The number of nitrogens with one attached hydrogen (secondary N) is 1. The van der Waals surface area contributed by atoms with E-state index in [1.54, 1.807) is 0 Å². The Bertz CT molecular complexity index is 724. The molecule has 0 atom stereocenters. The van der Waals surface area contributed by atoms with E-state index in [4.69, 9.17) is 4.74 Å². The Morgan fingerprint density at radius 1 is 1.24 bits per heavy atom. The number of amides is 1. The molecule has 25 heavy (non-hydrogen) atoms. The lowest BCUT2D eigenvalue weighted by atomic mass is 10.2. The number of anilines is 2. The molecule has 0 radical (unpaired) electrons. The first-order valence-corrected chi connectivity index (χ1v) is 9.41. The van der Waals surface area contributed by atoms with Gasteiger partial charge in [-0.3, -0.25) is 4.79 Å². The SMILES string of the molecule is O=C(CSc1nnnn1C1CC1)Nc1ccc(N2CCOCC2)cc1. The van der Waals surface area contributed by atoms with Gasteiger partial charge in [-0.2, -0.15) is 0 Å². The van der Waals surface area contributed by atoms with Crippen molar-refractivity contribution in [1.82, 2.24) is 20.2 Å². The molecule has 0 unspecified atom stereocenters. The van der Waals surface area contributed by atoms with Crippen LogP contribution in [0.15, 0.2) is 29.4 Å². The molecule has 1 aromatic heterocycles. The minimum Gasteiger partial charge on any atom is -0.378 e. The lowest BCUT2D eigenvalue weighted by Gasteiger charge is -2.28. The first-order valence-electron chi connectivity index (χ1n) is 8.43. The summed E-state index contributed by atoms with van der Waals surface area (Å²) >= 11 is 1.37. The zero-order chi connectivity index (χ0) is 17.1. The van der Waals surface area contributed by atoms with Crippen LogP contribution in [0.3, 0.4) is 0 Å². The normalized spacial score (nSPS) is 17.5. The van der Waals surface area contributed by atoms with Crippen molar-refractivity contribution >= 4 is 29.0 Å². The van der Waals surface area contributed by atoms with Gasteiger partial charge in [-0.1, -0.05) is 11.8 Å². The molecule has 132 valence electrons. The summed E-state index contributed by atoms with van der Waals surface area (Å²) in [6, 6.07) is 8.33. The van der Waals surface area contributed by atoms with Crippen LogP contribution in [-0.2, 0) is 9.53 Å². The highest BCUT2D eigenvalue weighted by Crippen LogP contribution is 2.36. The number of rotatable bonds is 6. The van der Waals surface area contributed by atoms with Gasteiger partial charge in [0.15, 0.2) is 0 Å². The van der Waals surface area contributed by atoms with Crippen LogP contribution in [0.5, 0.6) is 0 Å². The molecule has 2 aliphatic rings. The van der Waals surface area contributed by atoms with Crippen molar-refractivity contribution in [1.29, 1.82) is 0 Å². The van der Waals surface area contributed by atoms with Crippen molar-refractivity contribution in [2.45, 2.75) is 24.0 Å². The first kappa shape index (κ1) is 16.3. The zero-order valence-electron chi connectivity index (χ0n) is 13.8. The molecule has 1 saturated carbocycles. The van der Waals surface area contributed by atoms with Crippen LogP contribution < -0.4 is 10.2 Å². The second kappa shape index (κ2) is 7.40. The third kappa shape index (κ3) is 4.10. The predicted octanol–water partition coefficient (Wildman–Crippen LogP) is 1.58. The maximum absolute atomic E-state index is 12.2. The fourth-order valence-corrected chi connectivity index (χ4v) is 3.48. The van der Waals surface area contributed by atoms with Crippen molar-refractivity contribution in [3.05, 3.63) is 24.3 Å². The van der Waals surface area contributed by atoms with Gasteiger partial charge in [0.2, 0.25) is 11.1 Å². The van der Waals surface area contributed by atoms with Crippen molar-refractivity contribution in [3.8, 4) is 0 Å². The molecule has 4 rings (SSSR count). The van der Waals surface area contributed by atoms with Gasteiger partial charge in [-0.05, 0) is 47.5 Å². The van der Waals surface area contributed by atoms with E-state index in [1.807, 2.05) is 28.9 Å². The Labute approximate surface area is 149 Å². The number of thioether (sulfide) groups is 1. The number of carbonyl (C=O) groups excluding carboxylic acids is 1. The van der Waals surface area contributed by atoms with E-state index in [0.29, 0.717) is 11.2 Å². The highest BCUT2D eigenvalue weighted by atomic mass is 32.2. The molecule has 1 N–H and O–H groups in total. The van der Waals surface area contributed by atoms with Gasteiger partial charge in [0, 0.05) is 24.5 Å². The van der Waals surface area contributed by atoms with Gasteiger partial charge in [0.05, 0.1) is 25.0 Å². The highest BCUT2D eigenvalue weighted by Gasteiger charge is 2.28. The monoisotopic (exact) mass is 360 g/mol. The van der Waals surface area contributed by atoms with Crippen molar-refractivity contribution < 1.29 is 9.53 Å². The molecular formula is C16H20N6O2S. The first-order chi connectivity index (χ1) is 12.3. The number of benzene rings is 1. The van der Waals surface area contributed by atoms with Crippen LogP contribution in [0.2, 0.25) is 0 Å². The molecule has 2 heterocycles. The van der Waals surface area contributed by atoms with E-state index >= 15 is 0 Å². The maximum Gasteiger partial charge on any atom is 0.234 e. The summed E-state index contributed by atoms with van der Waals surface area (Å²) in [6.07, 6.45) is 2.22. The molecule has 1 aromatic carbocycles. The van der Waals surface area contributed by atoms with Crippen LogP contribution in [0.25, 0.3) is 0 Å². The molecule has 1 amide bonds. The van der Waals surface area contributed by atoms with Gasteiger partial charge >= 0.3 is 0 Å². The van der Waals surface area contributed by atoms with Crippen LogP contribution in [0.4, 0.5) is 11.4 Å². The van der Waals surface area contributed by atoms with Crippen molar-refractivity contribution in [3.63, 3.8) is 0 Å². The molecule has 0 bridgehead atoms. The van der Waals surface area contributed by atoms with E-state index in [0.717, 1.165) is 50.5 Å². The minimum absolute atomic E-state index is 0.0607. The van der Waals surface area contributed by atoms with Crippen molar-refractivity contribution in [2.75, 3.05) is 42.3 Å².